The Morgan fingerprint density at radius 2 is 2.16 bits per heavy atom. The summed E-state index contributed by atoms with van der Waals surface area (Å²) in [5.74, 6) is 1.78. The Labute approximate surface area is 113 Å². The van der Waals surface area contributed by atoms with Crippen molar-refractivity contribution in [3.8, 4) is 11.5 Å². The molecule has 0 bridgehead atoms. The van der Waals surface area contributed by atoms with Gasteiger partial charge in [-0.2, -0.15) is 0 Å². The highest BCUT2D eigenvalue weighted by Crippen LogP contribution is 2.34. The lowest BCUT2D eigenvalue weighted by molar-refractivity contribution is 0.129. The normalized spacial score (nSPS) is 29.5. The number of nitrogens with zero attached hydrogens (tertiary/aromatic N) is 1. The lowest BCUT2D eigenvalue weighted by Gasteiger charge is -2.38. The number of nitrogens with one attached hydrogen (secondary N) is 1. The van der Waals surface area contributed by atoms with Gasteiger partial charge in [-0.05, 0) is 30.5 Å². The Hall–Kier alpha value is -1.26. The molecular weight excluding hydrogens is 240 g/mol. The zero-order chi connectivity index (χ0) is 12.7. The van der Waals surface area contributed by atoms with Crippen LogP contribution in [0.3, 0.4) is 0 Å². The molecule has 0 spiro atoms. The van der Waals surface area contributed by atoms with Crippen LogP contribution in [-0.4, -0.2) is 36.9 Å². The van der Waals surface area contributed by atoms with E-state index in [0.717, 1.165) is 37.2 Å². The Kier molecular flexibility index (Phi) is 2.85. The monoisotopic (exact) mass is 260 g/mol. The molecule has 0 amide bonds. The van der Waals surface area contributed by atoms with Gasteiger partial charge in [-0.25, -0.2) is 0 Å². The van der Waals surface area contributed by atoms with E-state index < -0.39 is 0 Å². The number of benzene rings is 1. The second-order valence-corrected chi connectivity index (χ2v) is 5.72. The summed E-state index contributed by atoms with van der Waals surface area (Å²) in [5, 5.41) is 3.65. The van der Waals surface area contributed by atoms with E-state index in [0.29, 0.717) is 12.8 Å². The van der Waals surface area contributed by atoms with E-state index in [9.17, 15) is 0 Å². The first kappa shape index (κ1) is 11.6. The summed E-state index contributed by atoms with van der Waals surface area (Å²) in [6, 6.07) is 7.77. The largest absolute Gasteiger partial charge is 0.454 e. The number of rotatable bonds is 2. The van der Waals surface area contributed by atoms with Gasteiger partial charge in [-0.15, -0.1) is 0 Å². The molecule has 1 aliphatic carbocycles. The van der Waals surface area contributed by atoms with E-state index in [-0.39, 0.29) is 0 Å². The SMILES string of the molecule is c1cc2c(cc1CN1CCN[C@@H]3CCC[C@H]31)OCO2. The predicted molar refractivity (Wildman–Crippen MR) is 72.4 cm³/mol. The summed E-state index contributed by atoms with van der Waals surface area (Å²) < 4.78 is 10.8. The lowest BCUT2D eigenvalue weighted by atomic mass is 10.1. The number of fused-ring (bicyclic) bond motifs is 2. The van der Waals surface area contributed by atoms with Crippen LogP contribution in [0.2, 0.25) is 0 Å². The zero-order valence-corrected chi connectivity index (χ0v) is 11.1. The van der Waals surface area contributed by atoms with Crippen LogP contribution in [0.15, 0.2) is 18.2 Å². The summed E-state index contributed by atoms with van der Waals surface area (Å²) in [7, 11) is 0. The molecule has 4 rings (SSSR count). The van der Waals surface area contributed by atoms with Crippen molar-refractivity contribution in [1.29, 1.82) is 0 Å². The smallest absolute Gasteiger partial charge is 0.231 e. The van der Waals surface area contributed by atoms with E-state index in [1.165, 1.54) is 24.8 Å². The molecule has 4 heteroatoms. The molecule has 3 aliphatic rings. The van der Waals surface area contributed by atoms with Gasteiger partial charge in [0.25, 0.3) is 0 Å². The van der Waals surface area contributed by atoms with Crippen molar-refractivity contribution >= 4 is 0 Å². The van der Waals surface area contributed by atoms with Gasteiger partial charge < -0.3 is 14.8 Å². The Morgan fingerprint density at radius 1 is 1.21 bits per heavy atom. The lowest BCUT2D eigenvalue weighted by Crippen LogP contribution is -2.54. The van der Waals surface area contributed by atoms with Gasteiger partial charge in [0.1, 0.15) is 0 Å². The number of hydrogen-bond donors (Lipinski definition) is 1. The van der Waals surface area contributed by atoms with Crippen molar-refractivity contribution in [3.05, 3.63) is 23.8 Å². The van der Waals surface area contributed by atoms with Gasteiger partial charge in [0.15, 0.2) is 11.5 Å². The summed E-state index contributed by atoms with van der Waals surface area (Å²) >= 11 is 0. The molecule has 0 unspecified atom stereocenters. The third kappa shape index (κ3) is 2.09. The molecule has 2 heterocycles. The Morgan fingerprint density at radius 3 is 3.16 bits per heavy atom. The fourth-order valence-electron chi connectivity index (χ4n) is 3.65. The van der Waals surface area contributed by atoms with Crippen LogP contribution in [0.5, 0.6) is 11.5 Å². The van der Waals surface area contributed by atoms with Crippen LogP contribution in [0.1, 0.15) is 24.8 Å². The molecule has 1 saturated carbocycles. The zero-order valence-electron chi connectivity index (χ0n) is 11.1. The van der Waals surface area contributed by atoms with Crippen molar-refractivity contribution < 1.29 is 9.47 Å². The highest BCUT2D eigenvalue weighted by molar-refractivity contribution is 5.44. The van der Waals surface area contributed by atoms with Crippen molar-refractivity contribution in [2.75, 3.05) is 19.9 Å². The first-order chi connectivity index (χ1) is 9.40. The van der Waals surface area contributed by atoms with Crippen LogP contribution in [0.25, 0.3) is 0 Å². The third-order valence-electron chi connectivity index (χ3n) is 4.58. The van der Waals surface area contributed by atoms with Crippen LogP contribution in [0.4, 0.5) is 0 Å². The van der Waals surface area contributed by atoms with Crippen LogP contribution < -0.4 is 14.8 Å². The average Bonchev–Trinajstić information content (AvgIpc) is 3.06. The van der Waals surface area contributed by atoms with Crippen LogP contribution >= 0.6 is 0 Å². The molecule has 2 aliphatic heterocycles. The molecule has 1 saturated heterocycles. The molecule has 0 radical (unpaired) electrons. The van der Waals surface area contributed by atoms with E-state index in [4.69, 9.17) is 9.47 Å². The Bertz CT molecular complexity index is 477. The maximum absolute atomic E-state index is 5.46. The van der Waals surface area contributed by atoms with Gasteiger partial charge >= 0.3 is 0 Å². The molecule has 1 N–H and O–H groups in total. The van der Waals surface area contributed by atoms with E-state index in [1.54, 1.807) is 0 Å². The van der Waals surface area contributed by atoms with E-state index in [2.05, 4.69) is 22.3 Å². The topological polar surface area (TPSA) is 33.7 Å². The van der Waals surface area contributed by atoms with Gasteiger partial charge in [-0.3, -0.25) is 4.90 Å². The third-order valence-corrected chi connectivity index (χ3v) is 4.58. The summed E-state index contributed by atoms with van der Waals surface area (Å²) in [6.45, 7) is 3.65. The molecule has 2 atom stereocenters. The molecule has 4 nitrogen and oxygen atoms in total. The molecule has 19 heavy (non-hydrogen) atoms. The molecule has 102 valence electrons. The fourth-order valence-corrected chi connectivity index (χ4v) is 3.65. The minimum absolute atomic E-state index is 0.358. The fraction of sp³-hybridized carbons (Fsp3) is 0.600. The highest BCUT2D eigenvalue weighted by atomic mass is 16.7. The summed E-state index contributed by atoms with van der Waals surface area (Å²) in [4.78, 5) is 2.63. The molecular formula is C15H20N2O2. The highest BCUT2D eigenvalue weighted by Gasteiger charge is 2.34. The number of hydrogen-bond acceptors (Lipinski definition) is 4. The van der Waals surface area contributed by atoms with Crippen LogP contribution in [-0.2, 0) is 6.54 Å². The van der Waals surface area contributed by atoms with Crippen molar-refractivity contribution in [1.82, 2.24) is 10.2 Å². The maximum Gasteiger partial charge on any atom is 0.231 e. The van der Waals surface area contributed by atoms with Crippen molar-refractivity contribution in [2.24, 2.45) is 0 Å². The molecule has 1 aromatic carbocycles. The summed E-state index contributed by atoms with van der Waals surface area (Å²) in [6.07, 6.45) is 4.03. The predicted octanol–water partition coefficient (Wildman–Crippen LogP) is 1.74. The molecule has 1 aromatic rings. The minimum atomic E-state index is 0.358. The first-order valence-electron chi connectivity index (χ1n) is 7.26. The van der Waals surface area contributed by atoms with Crippen LogP contribution in [0, 0.1) is 0 Å². The number of ether oxygens (including phenoxy) is 2. The second-order valence-electron chi connectivity index (χ2n) is 5.72. The Balaban J connectivity index is 1.51. The molecule has 2 fully saturated rings. The van der Waals surface area contributed by atoms with Crippen molar-refractivity contribution in [2.45, 2.75) is 37.9 Å². The average molecular weight is 260 g/mol. The van der Waals surface area contributed by atoms with Crippen molar-refractivity contribution in [3.63, 3.8) is 0 Å². The van der Waals surface area contributed by atoms with Gasteiger partial charge in [0.05, 0.1) is 0 Å². The second kappa shape index (κ2) is 4.69. The van der Waals surface area contributed by atoms with E-state index in [1.807, 2.05) is 6.07 Å². The maximum atomic E-state index is 5.46. The molecule has 0 aromatic heterocycles. The van der Waals surface area contributed by atoms with E-state index >= 15 is 0 Å². The quantitative estimate of drug-likeness (QED) is 0.878. The van der Waals surface area contributed by atoms with Gasteiger partial charge in [-0.1, -0.05) is 12.5 Å². The minimum Gasteiger partial charge on any atom is -0.454 e. The summed E-state index contributed by atoms with van der Waals surface area (Å²) in [5.41, 5.74) is 1.33. The van der Waals surface area contributed by atoms with Gasteiger partial charge in [0, 0.05) is 31.7 Å². The standard InChI is InChI=1S/C15H20N2O2/c1-2-12-13(3-1)17(7-6-16-12)9-11-4-5-14-15(8-11)19-10-18-14/h4-5,8,12-13,16H,1-3,6-7,9-10H2/t12-,13-/m1/s1. The van der Waals surface area contributed by atoms with Gasteiger partial charge in [0.2, 0.25) is 6.79 Å². The first-order valence-corrected chi connectivity index (χ1v) is 7.26. The number of piperazine rings is 1.